The zero-order valence-electron chi connectivity index (χ0n) is 10.7. The summed E-state index contributed by atoms with van der Waals surface area (Å²) < 4.78 is 40.9. The third-order valence-electron chi connectivity index (χ3n) is 3.17. The minimum Gasteiger partial charge on any atom is -0.326 e. The van der Waals surface area contributed by atoms with Gasteiger partial charge >= 0.3 is 0 Å². The Bertz CT molecular complexity index is 589. The molecular weight excluding hydrogens is 323 g/mol. The maximum Gasteiger partial charge on any atom is 0.243 e. The standard InChI is InChI=1S/C12H16ClFN2O2S2/c13-10-3-9(5-15)12(14)11(4-10)20(17,18)16-6-8-1-2-19-7-8/h3-4,8,16H,1-2,5-7,15H2. The van der Waals surface area contributed by atoms with Crippen molar-refractivity contribution in [1.29, 1.82) is 0 Å². The van der Waals surface area contributed by atoms with Crippen LogP contribution in [-0.2, 0) is 16.6 Å². The molecular formula is C12H16ClFN2O2S2. The van der Waals surface area contributed by atoms with Gasteiger partial charge in [-0.25, -0.2) is 17.5 Å². The van der Waals surface area contributed by atoms with Gasteiger partial charge in [-0.05, 0) is 36.0 Å². The molecule has 20 heavy (non-hydrogen) atoms. The predicted octanol–water partition coefficient (Wildman–Crippen LogP) is 1.97. The fraction of sp³-hybridized carbons (Fsp3) is 0.500. The second kappa shape index (κ2) is 6.62. The Hall–Kier alpha value is -0.340. The maximum absolute atomic E-state index is 14.1. The van der Waals surface area contributed by atoms with E-state index in [0.717, 1.165) is 24.0 Å². The van der Waals surface area contributed by atoms with Crippen LogP contribution in [0.4, 0.5) is 4.39 Å². The molecule has 0 bridgehead atoms. The van der Waals surface area contributed by atoms with Crippen LogP contribution in [0.2, 0.25) is 5.02 Å². The smallest absolute Gasteiger partial charge is 0.243 e. The molecule has 1 unspecified atom stereocenters. The molecule has 1 aliphatic rings. The number of sulfonamides is 1. The molecule has 0 spiro atoms. The average Bonchev–Trinajstić information content (AvgIpc) is 2.92. The van der Waals surface area contributed by atoms with Crippen LogP contribution in [0.3, 0.4) is 0 Å². The minimum absolute atomic E-state index is 0.0919. The largest absolute Gasteiger partial charge is 0.326 e. The van der Waals surface area contributed by atoms with Gasteiger partial charge in [0.15, 0.2) is 0 Å². The van der Waals surface area contributed by atoms with Crippen LogP contribution in [-0.4, -0.2) is 26.5 Å². The predicted molar refractivity (Wildman–Crippen MR) is 79.9 cm³/mol. The van der Waals surface area contributed by atoms with Crippen molar-refractivity contribution in [2.45, 2.75) is 17.9 Å². The summed E-state index contributed by atoms with van der Waals surface area (Å²) in [6.07, 6.45) is 0.971. The van der Waals surface area contributed by atoms with Gasteiger partial charge in [0, 0.05) is 23.7 Å². The number of halogens is 2. The van der Waals surface area contributed by atoms with Crippen LogP contribution in [0, 0.1) is 11.7 Å². The SMILES string of the molecule is NCc1cc(Cl)cc(S(=O)(=O)NCC2CCSC2)c1F. The number of nitrogens with two attached hydrogens (primary N) is 1. The van der Waals surface area contributed by atoms with Crippen molar-refractivity contribution in [2.24, 2.45) is 11.7 Å². The van der Waals surface area contributed by atoms with Gasteiger partial charge in [-0.3, -0.25) is 0 Å². The first-order valence-electron chi connectivity index (χ1n) is 6.19. The fourth-order valence-corrected chi connectivity index (χ4v) is 4.86. The summed E-state index contributed by atoms with van der Waals surface area (Å²) in [6.45, 7) is 0.216. The third-order valence-corrected chi connectivity index (χ3v) is 6.05. The van der Waals surface area contributed by atoms with Crippen LogP contribution in [0.1, 0.15) is 12.0 Å². The van der Waals surface area contributed by atoms with E-state index in [1.165, 1.54) is 6.07 Å². The molecule has 0 aromatic heterocycles. The highest BCUT2D eigenvalue weighted by atomic mass is 35.5. The van der Waals surface area contributed by atoms with E-state index in [1.54, 1.807) is 11.8 Å². The summed E-state index contributed by atoms with van der Waals surface area (Å²) in [5.41, 5.74) is 5.48. The van der Waals surface area contributed by atoms with E-state index in [2.05, 4.69) is 4.72 Å². The van der Waals surface area contributed by atoms with Gasteiger partial charge in [-0.2, -0.15) is 11.8 Å². The summed E-state index contributed by atoms with van der Waals surface area (Å²) >= 11 is 7.61. The highest BCUT2D eigenvalue weighted by Crippen LogP contribution is 2.25. The summed E-state index contributed by atoms with van der Waals surface area (Å²) in [4.78, 5) is -0.434. The van der Waals surface area contributed by atoms with E-state index in [0.29, 0.717) is 12.5 Å². The molecule has 0 amide bonds. The van der Waals surface area contributed by atoms with Crippen molar-refractivity contribution in [1.82, 2.24) is 4.72 Å². The van der Waals surface area contributed by atoms with E-state index in [9.17, 15) is 12.8 Å². The van der Waals surface area contributed by atoms with E-state index in [-0.39, 0.29) is 17.1 Å². The molecule has 1 fully saturated rings. The van der Waals surface area contributed by atoms with Crippen LogP contribution < -0.4 is 10.5 Å². The van der Waals surface area contributed by atoms with Gasteiger partial charge in [-0.15, -0.1) is 0 Å². The van der Waals surface area contributed by atoms with E-state index >= 15 is 0 Å². The van der Waals surface area contributed by atoms with Gasteiger partial charge in [0.1, 0.15) is 10.7 Å². The summed E-state index contributed by atoms with van der Waals surface area (Å²) in [6, 6.07) is 2.45. The Balaban J connectivity index is 2.22. The highest BCUT2D eigenvalue weighted by molar-refractivity contribution is 7.99. The van der Waals surface area contributed by atoms with Crippen molar-refractivity contribution in [2.75, 3.05) is 18.1 Å². The third kappa shape index (κ3) is 3.65. The van der Waals surface area contributed by atoms with E-state index < -0.39 is 20.7 Å². The first kappa shape index (κ1) is 16.0. The van der Waals surface area contributed by atoms with Crippen molar-refractivity contribution >= 4 is 33.4 Å². The summed E-state index contributed by atoms with van der Waals surface area (Å²) in [5, 5.41) is 0.156. The Morgan fingerprint density at radius 3 is 2.85 bits per heavy atom. The molecule has 8 heteroatoms. The number of thioether (sulfide) groups is 1. The molecule has 2 rings (SSSR count). The molecule has 1 aromatic rings. The van der Waals surface area contributed by atoms with E-state index in [1.807, 2.05) is 0 Å². The maximum atomic E-state index is 14.1. The Kier molecular flexibility index (Phi) is 5.30. The quantitative estimate of drug-likeness (QED) is 0.861. The van der Waals surface area contributed by atoms with Gasteiger partial charge in [-0.1, -0.05) is 11.6 Å². The molecule has 0 saturated carbocycles. The monoisotopic (exact) mass is 338 g/mol. The second-order valence-corrected chi connectivity index (χ2v) is 7.98. The van der Waals surface area contributed by atoms with Crippen molar-refractivity contribution in [3.8, 4) is 0 Å². The minimum atomic E-state index is -3.91. The van der Waals surface area contributed by atoms with Crippen LogP contribution >= 0.6 is 23.4 Å². The van der Waals surface area contributed by atoms with E-state index in [4.69, 9.17) is 17.3 Å². The number of hydrogen-bond donors (Lipinski definition) is 2. The molecule has 3 N–H and O–H groups in total. The molecule has 1 aliphatic heterocycles. The first-order valence-corrected chi connectivity index (χ1v) is 9.21. The molecule has 1 aromatic carbocycles. The molecule has 0 aliphatic carbocycles. The molecule has 4 nitrogen and oxygen atoms in total. The molecule has 112 valence electrons. The molecule has 1 heterocycles. The van der Waals surface area contributed by atoms with Gasteiger partial charge in [0.05, 0.1) is 0 Å². The number of benzene rings is 1. The zero-order valence-corrected chi connectivity index (χ0v) is 13.1. The van der Waals surface area contributed by atoms with Crippen molar-refractivity contribution in [3.63, 3.8) is 0 Å². The zero-order chi connectivity index (χ0) is 14.8. The Labute approximate surface area is 127 Å². The Morgan fingerprint density at radius 2 is 2.25 bits per heavy atom. The fourth-order valence-electron chi connectivity index (χ4n) is 2.01. The lowest BCUT2D eigenvalue weighted by Gasteiger charge is -2.13. The summed E-state index contributed by atoms with van der Waals surface area (Å²) in [7, 11) is -3.91. The normalized spacial score (nSPS) is 19.4. The highest BCUT2D eigenvalue weighted by Gasteiger charge is 2.24. The number of rotatable bonds is 5. The van der Waals surface area contributed by atoms with Crippen molar-refractivity contribution < 1.29 is 12.8 Å². The first-order chi connectivity index (χ1) is 9.44. The lowest BCUT2D eigenvalue weighted by Crippen LogP contribution is -2.30. The van der Waals surface area contributed by atoms with Gasteiger partial charge in [0.25, 0.3) is 0 Å². The van der Waals surface area contributed by atoms with Gasteiger partial charge in [0.2, 0.25) is 10.0 Å². The molecule has 1 saturated heterocycles. The summed E-state index contributed by atoms with van der Waals surface area (Å²) in [5.74, 6) is 1.43. The molecule has 0 radical (unpaired) electrons. The topological polar surface area (TPSA) is 72.2 Å². The average molecular weight is 339 g/mol. The second-order valence-electron chi connectivity index (χ2n) is 4.66. The van der Waals surface area contributed by atoms with Gasteiger partial charge < -0.3 is 5.73 Å². The van der Waals surface area contributed by atoms with Crippen LogP contribution in [0.5, 0.6) is 0 Å². The molecule has 1 atom stereocenters. The number of hydrogen-bond acceptors (Lipinski definition) is 4. The Morgan fingerprint density at radius 1 is 1.50 bits per heavy atom. The lowest BCUT2D eigenvalue weighted by atomic mass is 10.1. The van der Waals surface area contributed by atoms with Crippen LogP contribution in [0.25, 0.3) is 0 Å². The van der Waals surface area contributed by atoms with Crippen molar-refractivity contribution in [3.05, 3.63) is 28.5 Å². The number of nitrogens with one attached hydrogen (secondary N) is 1. The van der Waals surface area contributed by atoms with Crippen LogP contribution in [0.15, 0.2) is 17.0 Å². The lowest BCUT2D eigenvalue weighted by molar-refractivity contribution is 0.531.